The van der Waals surface area contributed by atoms with Crippen LogP contribution in [0.25, 0.3) is 0 Å². The topological polar surface area (TPSA) is 26.3 Å². The fraction of sp³-hybridized carbons (Fsp3) is 0.417. The van der Waals surface area contributed by atoms with Crippen molar-refractivity contribution in [3.05, 3.63) is 35.9 Å². The Hall–Kier alpha value is -1.29. The lowest BCUT2D eigenvalue weighted by Crippen LogP contribution is -2.17. The minimum Gasteiger partial charge on any atom is -0.377 e. The number of hydrogen-bond donors (Lipinski definition) is 0. The van der Waals surface area contributed by atoms with E-state index in [9.17, 15) is 13.6 Å². The van der Waals surface area contributed by atoms with Crippen LogP contribution in [0.3, 0.4) is 0 Å². The molecule has 0 aliphatic heterocycles. The van der Waals surface area contributed by atoms with Gasteiger partial charge in [-0.15, -0.1) is 0 Å². The van der Waals surface area contributed by atoms with Crippen LogP contribution in [-0.2, 0) is 15.5 Å². The van der Waals surface area contributed by atoms with Crippen LogP contribution in [-0.4, -0.2) is 19.5 Å². The molecule has 16 heavy (non-hydrogen) atoms. The van der Waals surface area contributed by atoms with Crippen molar-refractivity contribution >= 4 is 5.78 Å². The van der Waals surface area contributed by atoms with Crippen LogP contribution in [0.2, 0.25) is 0 Å². The van der Waals surface area contributed by atoms with Crippen LogP contribution < -0.4 is 0 Å². The minimum absolute atomic E-state index is 0.0554. The van der Waals surface area contributed by atoms with Gasteiger partial charge in [0.05, 0.1) is 0 Å². The summed E-state index contributed by atoms with van der Waals surface area (Å²) >= 11 is 0. The highest BCUT2D eigenvalue weighted by Crippen LogP contribution is 2.32. The van der Waals surface area contributed by atoms with Gasteiger partial charge in [-0.1, -0.05) is 30.3 Å². The number of hydrogen-bond acceptors (Lipinski definition) is 2. The molecule has 0 radical (unpaired) electrons. The number of Topliss-reactive ketones (excluding diaryl/α,β-unsaturated/α-hetero) is 1. The zero-order valence-electron chi connectivity index (χ0n) is 9.08. The lowest BCUT2D eigenvalue weighted by atomic mass is 10.0. The molecule has 0 heterocycles. The third-order valence-electron chi connectivity index (χ3n) is 2.22. The molecule has 0 bridgehead atoms. The van der Waals surface area contributed by atoms with E-state index in [1.165, 1.54) is 19.2 Å². The number of rotatable bonds is 6. The van der Waals surface area contributed by atoms with Gasteiger partial charge in [0.2, 0.25) is 0 Å². The van der Waals surface area contributed by atoms with Crippen LogP contribution in [0.4, 0.5) is 8.78 Å². The molecule has 0 aliphatic rings. The molecule has 0 atom stereocenters. The Morgan fingerprint density at radius 3 is 2.50 bits per heavy atom. The molecule has 1 aromatic rings. The Balaban J connectivity index is 2.55. The number of carbonyl (C=O) groups is 1. The average Bonchev–Trinajstić information content (AvgIpc) is 2.28. The normalized spacial score (nSPS) is 11.4. The molecular weight excluding hydrogens is 214 g/mol. The van der Waals surface area contributed by atoms with Crippen molar-refractivity contribution in [1.82, 2.24) is 0 Å². The van der Waals surface area contributed by atoms with Crippen LogP contribution in [0.1, 0.15) is 18.4 Å². The molecule has 0 spiro atoms. The molecule has 1 rings (SSSR count). The highest BCUT2D eigenvalue weighted by Gasteiger charge is 2.31. The number of methoxy groups -OCH3 is 1. The molecule has 2 nitrogen and oxygen atoms in total. The Bertz CT molecular complexity index is 336. The Labute approximate surface area is 93.2 Å². The summed E-state index contributed by atoms with van der Waals surface area (Å²) in [6.07, 6.45) is -0.644. The second-order valence-electron chi connectivity index (χ2n) is 3.54. The zero-order chi connectivity index (χ0) is 12.0. The average molecular weight is 228 g/mol. The van der Waals surface area contributed by atoms with Gasteiger partial charge in [0, 0.05) is 25.5 Å². The molecule has 0 unspecified atom stereocenters. The van der Waals surface area contributed by atoms with Crippen molar-refractivity contribution in [1.29, 1.82) is 0 Å². The molecule has 0 saturated carbocycles. The van der Waals surface area contributed by atoms with Crippen LogP contribution >= 0.6 is 0 Å². The van der Waals surface area contributed by atoms with E-state index >= 15 is 0 Å². The van der Waals surface area contributed by atoms with Crippen molar-refractivity contribution in [2.45, 2.75) is 18.8 Å². The predicted octanol–water partition coefficient (Wildman–Crippen LogP) is 2.77. The van der Waals surface area contributed by atoms with E-state index in [1.807, 2.05) is 0 Å². The highest BCUT2D eigenvalue weighted by molar-refractivity contribution is 5.79. The monoisotopic (exact) mass is 228 g/mol. The standard InChI is InChI=1S/C12H14F2O2/c1-16-9-11(15)7-8-12(13,14)10-5-3-2-4-6-10/h2-6H,7-9H2,1H3. The second-order valence-corrected chi connectivity index (χ2v) is 3.54. The molecule has 0 N–H and O–H groups in total. The van der Waals surface area contributed by atoms with Crippen molar-refractivity contribution < 1.29 is 18.3 Å². The van der Waals surface area contributed by atoms with Gasteiger partial charge < -0.3 is 4.74 Å². The van der Waals surface area contributed by atoms with Gasteiger partial charge in [0.25, 0.3) is 5.92 Å². The van der Waals surface area contributed by atoms with Crippen molar-refractivity contribution in [2.75, 3.05) is 13.7 Å². The van der Waals surface area contributed by atoms with E-state index in [1.54, 1.807) is 18.2 Å². The van der Waals surface area contributed by atoms with E-state index in [4.69, 9.17) is 0 Å². The van der Waals surface area contributed by atoms with Crippen molar-refractivity contribution in [2.24, 2.45) is 0 Å². The van der Waals surface area contributed by atoms with E-state index in [2.05, 4.69) is 4.74 Å². The molecule has 0 aromatic heterocycles. The van der Waals surface area contributed by atoms with Crippen molar-refractivity contribution in [3.8, 4) is 0 Å². The van der Waals surface area contributed by atoms with Crippen LogP contribution in [0, 0.1) is 0 Å². The van der Waals surface area contributed by atoms with Gasteiger partial charge in [-0.25, -0.2) is 8.78 Å². The minimum atomic E-state index is -2.95. The number of ether oxygens (including phenoxy) is 1. The first-order chi connectivity index (χ1) is 7.56. The Morgan fingerprint density at radius 2 is 1.94 bits per heavy atom. The molecule has 0 amide bonds. The van der Waals surface area contributed by atoms with Gasteiger partial charge in [-0.05, 0) is 0 Å². The first-order valence-corrected chi connectivity index (χ1v) is 5.00. The molecular formula is C12H14F2O2. The number of benzene rings is 1. The van der Waals surface area contributed by atoms with Gasteiger partial charge in [-0.3, -0.25) is 4.79 Å². The summed E-state index contributed by atoms with van der Waals surface area (Å²) in [7, 11) is 1.37. The largest absolute Gasteiger partial charge is 0.377 e. The molecule has 88 valence electrons. The number of ketones is 1. The maximum absolute atomic E-state index is 13.6. The highest BCUT2D eigenvalue weighted by atomic mass is 19.3. The maximum atomic E-state index is 13.6. The van der Waals surface area contributed by atoms with E-state index in [0.717, 1.165) is 0 Å². The second kappa shape index (κ2) is 5.70. The van der Waals surface area contributed by atoms with Gasteiger partial charge in [0.15, 0.2) is 5.78 Å². The summed E-state index contributed by atoms with van der Waals surface area (Å²) in [6.45, 7) is -0.106. The first kappa shape index (κ1) is 12.8. The number of halogens is 2. The van der Waals surface area contributed by atoms with E-state index in [-0.39, 0.29) is 24.4 Å². The fourth-order valence-electron chi connectivity index (χ4n) is 1.36. The maximum Gasteiger partial charge on any atom is 0.273 e. The Kier molecular flexibility index (Phi) is 4.55. The van der Waals surface area contributed by atoms with Crippen molar-refractivity contribution in [3.63, 3.8) is 0 Å². The molecule has 0 saturated heterocycles. The lowest BCUT2D eigenvalue weighted by Gasteiger charge is -2.15. The number of carbonyl (C=O) groups excluding carboxylic acids is 1. The third kappa shape index (κ3) is 3.70. The van der Waals surface area contributed by atoms with Gasteiger partial charge in [0.1, 0.15) is 6.61 Å². The smallest absolute Gasteiger partial charge is 0.273 e. The van der Waals surface area contributed by atoms with E-state index in [0.29, 0.717) is 0 Å². The summed E-state index contributed by atoms with van der Waals surface area (Å²) in [5, 5.41) is 0. The van der Waals surface area contributed by atoms with Crippen LogP contribution in [0.5, 0.6) is 0 Å². The third-order valence-corrected chi connectivity index (χ3v) is 2.22. The quantitative estimate of drug-likeness (QED) is 0.748. The SMILES string of the molecule is COCC(=O)CCC(F)(F)c1ccccc1. The summed E-state index contributed by atoms with van der Waals surface area (Å²) in [6, 6.07) is 7.51. The summed E-state index contributed by atoms with van der Waals surface area (Å²) in [4.78, 5) is 11.1. The molecule has 1 aromatic carbocycles. The Morgan fingerprint density at radius 1 is 1.31 bits per heavy atom. The van der Waals surface area contributed by atoms with Gasteiger partial charge in [-0.2, -0.15) is 0 Å². The predicted molar refractivity (Wildman–Crippen MR) is 56.5 cm³/mol. The van der Waals surface area contributed by atoms with E-state index < -0.39 is 12.3 Å². The number of alkyl halides is 2. The molecule has 0 aliphatic carbocycles. The van der Waals surface area contributed by atoms with Crippen LogP contribution in [0.15, 0.2) is 30.3 Å². The summed E-state index contributed by atoms with van der Waals surface area (Å²) in [5.74, 6) is -3.26. The summed E-state index contributed by atoms with van der Waals surface area (Å²) < 4.78 is 31.7. The summed E-state index contributed by atoms with van der Waals surface area (Å²) in [5.41, 5.74) is -0.0554. The first-order valence-electron chi connectivity index (χ1n) is 5.00. The zero-order valence-corrected chi connectivity index (χ0v) is 9.08. The van der Waals surface area contributed by atoms with Gasteiger partial charge >= 0.3 is 0 Å². The molecule has 0 fully saturated rings. The molecule has 4 heteroatoms. The lowest BCUT2D eigenvalue weighted by molar-refractivity contribution is -0.124. The fourth-order valence-corrected chi connectivity index (χ4v) is 1.36.